The van der Waals surface area contributed by atoms with Gasteiger partial charge in [0.15, 0.2) is 0 Å². The highest BCUT2D eigenvalue weighted by Gasteiger charge is 2.34. The van der Waals surface area contributed by atoms with Crippen LogP contribution in [-0.4, -0.2) is 29.9 Å². The Morgan fingerprint density at radius 3 is 2.36 bits per heavy atom. The molecular weight excluding hydrogens is 316 g/mol. The summed E-state index contributed by atoms with van der Waals surface area (Å²) in [5.41, 5.74) is 1.65. The first-order valence-corrected chi connectivity index (χ1v) is 8.45. The van der Waals surface area contributed by atoms with Crippen molar-refractivity contribution in [1.82, 2.24) is 4.90 Å². The second kappa shape index (κ2) is 8.29. The zero-order valence-corrected chi connectivity index (χ0v) is 14.8. The van der Waals surface area contributed by atoms with Crippen LogP contribution in [0.25, 0.3) is 6.08 Å². The maximum absolute atomic E-state index is 12.7. The van der Waals surface area contributed by atoms with Gasteiger partial charge in [-0.25, -0.2) is 0 Å². The first-order chi connectivity index (χ1) is 12.0. The summed E-state index contributed by atoms with van der Waals surface area (Å²) in [4.78, 5) is 26.1. The molecule has 25 heavy (non-hydrogen) atoms. The van der Waals surface area contributed by atoms with Crippen LogP contribution < -0.4 is 4.74 Å². The number of carbonyl (C=O) groups excluding carboxylic acids is 2. The van der Waals surface area contributed by atoms with Gasteiger partial charge >= 0.3 is 0 Å². The topological polar surface area (TPSA) is 70.4 Å². The fourth-order valence-corrected chi connectivity index (χ4v) is 2.60. The third-order valence-electron chi connectivity index (χ3n) is 3.94. The van der Waals surface area contributed by atoms with Gasteiger partial charge in [0.25, 0.3) is 11.8 Å². The third kappa shape index (κ3) is 3.97. The molecule has 0 saturated heterocycles. The number of ether oxygens (including phenoxy) is 1. The Labute approximate surface area is 148 Å². The number of benzene rings is 1. The van der Waals surface area contributed by atoms with Gasteiger partial charge < -0.3 is 4.74 Å². The lowest BCUT2D eigenvalue weighted by Crippen LogP contribution is -2.43. The lowest BCUT2D eigenvalue weighted by atomic mass is 9.93. The maximum Gasteiger partial charge on any atom is 0.271 e. The summed E-state index contributed by atoms with van der Waals surface area (Å²) in [6.07, 6.45) is 3.29. The molecule has 2 amide bonds. The van der Waals surface area contributed by atoms with Crippen LogP contribution in [0.2, 0.25) is 0 Å². The second-order valence-electron chi connectivity index (χ2n) is 5.85. The summed E-state index contributed by atoms with van der Waals surface area (Å²) in [5, 5.41) is 9.30. The summed E-state index contributed by atoms with van der Waals surface area (Å²) >= 11 is 0. The molecule has 0 bridgehead atoms. The van der Waals surface area contributed by atoms with Crippen molar-refractivity contribution in [1.29, 1.82) is 5.26 Å². The van der Waals surface area contributed by atoms with Gasteiger partial charge in [0, 0.05) is 12.1 Å². The van der Waals surface area contributed by atoms with E-state index >= 15 is 0 Å². The number of nitriles is 1. The molecule has 1 aliphatic heterocycles. The first-order valence-electron chi connectivity index (χ1n) is 8.45. The summed E-state index contributed by atoms with van der Waals surface area (Å²) in [7, 11) is 0. The average Bonchev–Trinajstić information content (AvgIpc) is 2.62. The molecule has 0 aliphatic carbocycles. The Morgan fingerprint density at radius 1 is 1.12 bits per heavy atom. The Bertz CT molecular complexity index is 767. The molecule has 0 atom stereocenters. The van der Waals surface area contributed by atoms with Gasteiger partial charge in [-0.1, -0.05) is 26.0 Å². The minimum absolute atomic E-state index is 0.0298. The van der Waals surface area contributed by atoms with Crippen molar-refractivity contribution in [3.63, 3.8) is 0 Å². The van der Waals surface area contributed by atoms with E-state index in [1.807, 2.05) is 44.2 Å². The van der Waals surface area contributed by atoms with Crippen LogP contribution in [0, 0.1) is 11.3 Å². The number of rotatable bonds is 6. The van der Waals surface area contributed by atoms with Crippen molar-refractivity contribution in [2.24, 2.45) is 0 Å². The second-order valence-corrected chi connectivity index (χ2v) is 5.85. The molecule has 5 nitrogen and oxygen atoms in total. The zero-order valence-electron chi connectivity index (χ0n) is 14.8. The minimum atomic E-state index is -0.507. The Hall–Kier alpha value is -2.87. The zero-order chi connectivity index (χ0) is 18.4. The Kier molecular flexibility index (Phi) is 6.13. The average molecular weight is 338 g/mol. The molecule has 0 spiro atoms. The lowest BCUT2D eigenvalue weighted by Gasteiger charge is -2.27. The fourth-order valence-electron chi connectivity index (χ4n) is 2.60. The van der Waals surface area contributed by atoms with Crippen LogP contribution in [-0.2, 0) is 9.59 Å². The van der Waals surface area contributed by atoms with E-state index < -0.39 is 5.91 Å². The fraction of sp³-hybridized carbons (Fsp3) is 0.350. The molecule has 0 fully saturated rings. The van der Waals surface area contributed by atoms with Gasteiger partial charge in [-0.05, 0) is 49.1 Å². The quantitative estimate of drug-likeness (QED) is 0.588. The number of carbonyl (C=O) groups is 2. The van der Waals surface area contributed by atoms with Crippen LogP contribution in [0.1, 0.15) is 39.2 Å². The minimum Gasteiger partial charge on any atom is -0.494 e. The van der Waals surface area contributed by atoms with Gasteiger partial charge in [0.2, 0.25) is 0 Å². The van der Waals surface area contributed by atoms with Gasteiger partial charge in [-0.3, -0.25) is 14.5 Å². The Balaban J connectivity index is 2.39. The van der Waals surface area contributed by atoms with Crippen molar-refractivity contribution in [2.45, 2.75) is 33.6 Å². The van der Waals surface area contributed by atoms with E-state index in [9.17, 15) is 14.9 Å². The van der Waals surface area contributed by atoms with E-state index in [1.165, 1.54) is 0 Å². The normalized spacial score (nSPS) is 16.4. The van der Waals surface area contributed by atoms with Gasteiger partial charge in [0.1, 0.15) is 17.4 Å². The molecule has 1 aromatic carbocycles. The highest BCUT2D eigenvalue weighted by Crippen LogP contribution is 2.27. The van der Waals surface area contributed by atoms with Crippen LogP contribution in [0.3, 0.4) is 0 Å². The molecule has 0 aromatic heterocycles. The predicted molar refractivity (Wildman–Crippen MR) is 95.5 cm³/mol. The maximum atomic E-state index is 12.7. The van der Waals surface area contributed by atoms with Gasteiger partial charge in [-0.15, -0.1) is 0 Å². The van der Waals surface area contributed by atoms with Crippen molar-refractivity contribution < 1.29 is 14.3 Å². The highest BCUT2D eigenvalue weighted by atomic mass is 16.5. The Morgan fingerprint density at radius 2 is 1.80 bits per heavy atom. The molecule has 0 saturated carbocycles. The van der Waals surface area contributed by atoms with Crippen molar-refractivity contribution in [3.8, 4) is 11.8 Å². The van der Waals surface area contributed by atoms with E-state index in [4.69, 9.17) is 4.74 Å². The summed E-state index contributed by atoms with van der Waals surface area (Å²) < 4.78 is 5.55. The van der Waals surface area contributed by atoms with Gasteiger partial charge in [0.05, 0.1) is 6.61 Å². The molecule has 5 heteroatoms. The molecule has 0 N–H and O–H groups in total. The predicted octanol–water partition coefficient (Wildman–Crippen LogP) is 3.48. The molecule has 1 aromatic rings. The third-order valence-corrected chi connectivity index (χ3v) is 3.94. The monoisotopic (exact) mass is 338 g/mol. The molecule has 0 unspecified atom stereocenters. The molecule has 1 heterocycles. The largest absolute Gasteiger partial charge is 0.494 e. The van der Waals surface area contributed by atoms with E-state index in [-0.39, 0.29) is 11.5 Å². The smallest absolute Gasteiger partial charge is 0.271 e. The van der Waals surface area contributed by atoms with Crippen LogP contribution in [0.5, 0.6) is 5.75 Å². The first kappa shape index (κ1) is 18.5. The number of hydrogen-bond donors (Lipinski definition) is 0. The van der Waals surface area contributed by atoms with Gasteiger partial charge in [-0.2, -0.15) is 5.26 Å². The van der Waals surface area contributed by atoms with E-state index in [1.54, 1.807) is 13.0 Å². The summed E-state index contributed by atoms with van der Waals surface area (Å²) in [5.74, 6) is -0.0892. The van der Waals surface area contributed by atoms with Crippen LogP contribution >= 0.6 is 0 Å². The summed E-state index contributed by atoms with van der Waals surface area (Å²) in [6, 6.07) is 9.32. The van der Waals surface area contributed by atoms with E-state index in [2.05, 4.69) is 0 Å². The van der Waals surface area contributed by atoms with Crippen LogP contribution in [0.4, 0.5) is 0 Å². The molecule has 1 aliphatic rings. The molecule has 130 valence electrons. The van der Waals surface area contributed by atoms with Crippen molar-refractivity contribution in [3.05, 3.63) is 46.5 Å². The van der Waals surface area contributed by atoms with Crippen LogP contribution in [0.15, 0.2) is 41.0 Å². The number of nitrogens with zero attached hydrogens (tertiary/aromatic N) is 2. The molecular formula is C20H22N2O3. The number of imide groups is 1. The number of amides is 2. The van der Waals surface area contributed by atoms with Crippen molar-refractivity contribution >= 4 is 17.9 Å². The van der Waals surface area contributed by atoms with Crippen molar-refractivity contribution in [2.75, 3.05) is 13.2 Å². The highest BCUT2D eigenvalue weighted by molar-refractivity contribution is 6.19. The standard InChI is InChI=1S/C20H22N2O3/c1-4-10-22-19(23)17(14(3)18(13-21)20(22)24)12-15-6-8-16(9-7-15)25-11-5-2/h6-9,12H,4-5,10-11H2,1-3H3/b17-12+. The lowest BCUT2D eigenvalue weighted by molar-refractivity contribution is -0.140. The summed E-state index contributed by atoms with van der Waals surface area (Å²) in [6.45, 7) is 6.52. The SMILES string of the molecule is CCCOc1ccc(/C=C2/C(=O)N(CCC)C(=O)C(C#N)=C2C)cc1. The molecule has 0 radical (unpaired) electrons. The number of hydrogen-bond acceptors (Lipinski definition) is 4. The van der Waals surface area contributed by atoms with E-state index in [0.29, 0.717) is 30.7 Å². The molecule has 2 rings (SSSR count). The van der Waals surface area contributed by atoms with E-state index in [0.717, 1.165) is 22.6 Å².